The van der Waals surface area contributed by atoms with Gasteiger partial charge in [-0.1, -0.05) is 84.0 Å². The largest absolute Gasteiger partial charge is 0.298 e. The second kappa shape index (κ2) is 14.2. The molecule has 0 aromatic heterocycles. The molecule has 0 atom stereocenters. The Balaban J connectivity index is 1.91. The van der Waals surface area contributed by atoms with E-state index in [2.05, 4.69) is 6.92 Å². The minimum absolute atomic E-state index is 0.127. The summed E-state index contributed by atoms with van der Waals surface area (Å²) in [6, 6.07) is 0. The zero-order valence-corrected chi connectivity index (χ0v) is 16.3. The van der Waals surface area contributed by atoms with E-state index in [1.54, 1.807) is 0 Å². The predicted molar refractivity (Wildman–Crippen MR) is 103 cm³/mol. The van der Waals surface area contributed by atoms with Crippen molar-refractivity contribution in [3.63, 3.8) is 0 Å². The van der Waals surface area contributed by atoms with Crippen LogP contribution < -0.4 is 0 Å². The number of carbonyl (C=O) groups is 3. The quantitative estimate of drug-likeness (QED) is 0.270. The molecule has 0 bridgehead atoms. The number of hydrogen-bond donors (Lipinski definition) is 0. The van der Waals surface area contributed by atoms with Gasteiger partial charge in [-0.15, -0.1) is 0 Å². The maximum absolute atomic E-state index is 12.1. The molecule has 0 saturated heterocycles. The maximum atomic E-state index is 12.1. The molecule has 1 aliphatic carbocycles. The third kappa shape index (κ3) is 9.91. The first-order valence-corrected chi connectivity index (χ1v) is 10.7. The van der Waals surface area contributed by atoms with Crippen LogP contribution in [0.15, 0.2) is 0 Å². The molecule has 0 N–H and O–H groups in total. The minimum Gasteiger partial charge on any atom is -0.298 e. The number of Topliss-reactive ketones (excluding diaryl/α,β-unsaturated/α-hetero) is 3. The molecule has 3 nitrogen and oxygen atoms in total. The van der Waals surface area contributed by atoms with Crippen LogP contribution in [0.3, 0.4) is 0 Å². The summed E-state index contributed by atoms with van der Waals surface area (Å²) in [7, 11) is 0. The summed E-state index contributed by atoms with van der Waals surface area (Å²) in [4.78, 5) is 35.6. The van der Waals surface area contributed by atoms with Gasteiger partial charge in [-0.05, 0) is 12.8 Å². The summed E-state index contributed by atoms with van der Waals surface area (Å²) in [5.41, 5.74) is 0. The summed E-state index contributed by atoms with van der Waals surface area (Å²) < 4.78 is 0. The Morgan fingerprint density at radius 2 is 1.12 bits per heavy atom. The first-order valence-electron chi connectivity index (χ1n) is 10.7. The van der Waals surface area contributed by atoms with E-state index in [0.717, 1.165) is 19.3 Å². The third-order valence-electron chi connectivity index (χ3n) is 5.34. The van der Waals surface area contributed by atoms with Gasteiger partial charge in [0.15, 0.2) is 17.3 Å². The lowest BCUT2D eigenvalue weighted by Gasteiger charge is -2.17. The van der Waals surface area contributed by atoms with E-state index in [-0.39, 0.29) is 17.3 Å². The Kier molecular flexibility index (Phi) is 12.5. The zero-order chi connectivity index (χ0) is 18.3. The molecule has 0 radical (unpaired) electrons. The van der Waals surface area contributed by atoms with Gasteiger partial charge in [0.2, 0.25) is 0 Å². The monoisotopic (exact) mass is 350 g/mol. The average molecular weight is 351 g/mol. The molecular weight excluding hydrogens is 312 g/mol. The van der Waals surface area contributed by atoms with Crippen LogP contribution in [0, 0.1) is 5.92 Å². The average Bonchev–Trinajstić information content (AvgIpc) is 2.59. The molecule has 25 heavy (non-hydrogen) atoms. The van der Waals surface area contributed by atoms with E-state index >= 15 is 0 Å². The summed E-state index contributed by atoms with van der Waals surface area (Å²) >= 11 is 0. The lowest BCUT2D eigenvalue weighted by atomic mass is 9.82. The molecule has 0 aliphatic heterocycles. The lowest BCUT2D eigenvalue weighted by Crippen LogP contribution is -2.35. The Bertz CT molecular complexity index is 384. The van der Waals surface area contributed by atoms with Crippen molar-refractivity contribution in [3.05, 3.63) is 0 Å². The van der Waals surface area contributed by atoms with Gasteiger partial charge in [0.25, 0.3) is 0 Å². The molecule has 1 rings (SSSR count). The first-order chi connectivity index (χ1) is 12.2. The van der Waals surface area contributed by atoms with E-state index in [1.807, 2.05) is 0 Å². The van der Waals surface area contributed by atoms with Crippen LogP contribution in [-0.4, -0.2) is 17.3 Å². The van der Waals surface area contributed by atoms with Crippen LogP contribution in [-0.2, 0) is 14.4 Å². The van der Waals surface area contributed by atoms with Crippen LogP contribution in [0.5, 0.6) is 0 Å². The fraction of sp³-hybridized carbons (Fsp3) is 0.864. The van der Waals surface area contributed by atoms with Gasteiger partial charge in [0, 0.05) is 19.3 Å². The molecule has 0 spiro atoms. The highest BCUT2D eigenvalue weighted by atomic mass is 16.2. The van der Waals surface area contributed by atoms with Crippen molar-refractivity contribution in [3.8, 4) is 0 Å². The van der Waals surface area contributed by atoms with Crippen molar-refractivity contribution < 1.29 is 14.4 Å². The van der Waals surface area contributed by atoms with Gasteiger partial charge in [0.1, 0.15) is 5.92 Å². The predicted octanol–water partition coefficient (Wildman–Crippen LogP) is 5.98. The highest BCUT2D eigenvalue weighted by Crippen LogP contribution is 2.21. The van der Waals surface area contributed by atoms with Gasteiger partial charge in [-0.25, -0.2) is 0 Å². The summed E-state index contributed by atoms with van der Waals surface area (Å²) in [5.74, 6) is -1.32. The molecule has 0 aromatic carbocycles. The summed E-state index contributed by atoms with van der Waals surface area (Å²) in [5, 5.41) is 0. The van der Waals surface area contributed by atoms with E-state index in [0.29, 0.717) is 25.7 Å². The minimum atomic E-state index is -0.911. The topological polar surface area (TPSA) is 51.2 Å². The van der Waals surface area contributed by atoms with E-state index in [1.165, 1.54) is 64.2 Å². The summed E-state index contributed by atoms with van der Waals surface area (Å²) in [6.45, 7) is 2.25. The fourth-order valence-electron chi connectivity index (χ4n) is 3.73. The molecule has 3 heteroatoms. The molecule has 1 aliphatic rings. The number of rotatable bonds is 15. The molecule has 0 unspecified atom stereocenters. The van der Waals surface area contributed by atoms with Crippen LogP contribution in [0.25, 0.3) is 0 Å². The fourth-order valence-corrected chi connectivity index (χ4v) is 3.73. The molecule has 0 heterocycles. The van der Waals surface area contributed by atoms with Crippen molar-refractivity contribution in [2.45, 2.75) is 116 Å². The Labute approximate surface area is 154 Å². The number of carbonyl (C=O) groups excluding carboxylic acids is 3. The van der Waals surface area contributed by atoms with Crippen molar-refractivity contribution in [2.24, 2.45) is 5.92 Å². The van der Waals surface area contributed by atoms with Crippen molar-refractivity contribution >= 4 is 17.3 Å². The molecular formula is C22H38O3. The van der Waals surface area contributed by atoms with E-state index in [4.69, 9.17) is 0 Å². The lowest BCUT2D eigenvalue weighted by molar-refractivity contribution is -0.142. The zero-order valence-electron chi connectivity index (χ0n) is 16.3. The van der Waals surface area contributed by atoms with Gasteiger partial charge >= 0.3 is 0 Å². The smallest absolute Gasteiger partial charge is 0.150 e. The maximum Gasteiger partial charge on any atom is 0.150 e. The SMILES string of the molecule is CCCCCCCCCCCCCCCC(=O)C1C(=O)CCCC1=O. The molecule has 0 aromatic rings. The van der Waals surface area contributed by atoms with E-state index < -0.39 is 5.92 Å². The Hall–Kier alpha value is -0.990. The van der Waals surface area contributed by atoms with Gasteiger partial charge < -0.3 is 0 Å². The van der Waals surface area contributed by atoms with Crippen molar-refractivity contribution in [2.75, 3.05) is 0 Å². The van der Waals surface area contributed by atoms with E-state index in [9.17, 15) is 14.4 Å². The van der Waals surface area contributed by atoms with Crippen LogP contribution in [0.1, 0.15) is 116 Å². The number of ketones is 3. The van der Waals surface area contributed by atoms with Gasteiger partial charge in [0.05, 0.1) is 0 Å². The standard InChI is InChI=1S/C22H38O3/c1-2-3-4-5-6-7-8-9-10-11-12-13-14-16-19(23)22-20(24)17-15-18-21(22)25/h22H,2-18H2,1H3. The molecule has 0 amide bonds. The Morgan fingerprint density at radius 1 is 0.720 bits per heavy atom. The molecule has 144 valence electrons. The van der Waals surface area contributed by atoms with Crippen molar-refractivity contribution in [1.29, 1.82) is 0 Å². The van der Waals surface area contributed by atoms with Crippen molar-refractivity contribution in [1.82, 2.24) is 0 Å². The molecule has 1 fully saturated rings. The highest BCUT2D eigenvalue weighted by molar-refractivity contribution is 6.20. The molecule has 1 saturated carbocycles. The van der Waals surface area contributed by atoms with Crippen LogP contribution in [0.2, 0.25) is 0 Å². The highest BCUT2D eigenvalue weighted by Gasteiger charge is 2.34. The number of hydrogen-bond acceptors (Lipinski definition) is 3. The number of unbranched alkanes of at least 4 members (excludes halogenated alkanes) is 12. The van der Waals surface area contributed by atoms with Gasteiger partial charge in [-0.3, -0.25) is 14.4 Å². The first kappa shape index (κ1) is 22.1. The third-order valence-corrected chi connectivity index (χ3v) is 5.34. The van der Waals surface area contributed by atoms with Gasteiger partial charge in [-0.2, -0.15) is 0 Å². The Morgan fingerprint density at radius 3 is 1.56 bits per heavy atom. The van der Waals surface area contributed by atoms with Crippen LogP contribution >= 0.6 is 0 Å². The second-order valence-corrected chi connectivity index (χ2v) is 7.68. The second-order valence-electron chi connectivity index (χ2n) is 7.68. The normalized spacial score (nSPS) is 15.7. The summed E-state index contributed by atoms with van der Waals surface area (Å²) in [6.07, 6.45) is 18.3. The van der Waals surface area contributed by atoms with Crippen LogP contribution in [0.4, 0.5) is 0 Å².